The average molecular weight is 217 g/mol. The molecule has 5 nitrogen and oxygen atoms in total. The van der Waals surface area contributed by atoms with Gasteiger partial charge in [0.1, 0.15) is 15.4 Å². The Kier molecular flexibility index (Phi) is 2.26. The molecule has 7 heteroatoms. The minimum Gasteiger partial charge on any atom is -0.343 e. The van der Waals surface area contributed by atoms with Crippen LogP contribution in [0.25, 0.3) is 0 Å². The minimum absolute atomic E-state index is 0.408. The van der Waals surface area contributed by atoms with Crippen molar-refractivity contribution in [1.29, 1.82) is 0 Å². The van der Waals surface area contributed by atoms with Gasteiger partial charge in [-0.2, -0.15) is 4.98 Å². The van der Waals surface area contributed by atoms with Gasteiger partial charge in [-0.05, 0) is 0 Å². The van der Waals surface area contributed by atoms with Crippen molar-refractivity contribution < 1.29 is 4.52 Å². The molecule has 0 aliphatic rings. The molecule has 2 rings (SSSR count). The first kappa shape index (κ1) is 8.61. The topological polar surface area (TPSA) is 77.8 Å². The molecule has 0 amide bonds. The fourth-order valence-electron chi connectivity index (χ4n) is 0.837. The van der Waals surface area contributed by atoms with Crippen LogP contribution in [0.15, 0.2) is 17.1 Å². The number of halogens is 1. The Morgan fingerprint density at radius 3 is 2.92 bits per heavy atom. The fraction of sp³-hybridized carbons (Fsp3) is 0.167. The summed E-state index contributed by atoms with van der Waals surface area (Å²) in [6, 6.07) is -0.462. The molecular weight excluding hydrogens is 212 g/mol. The summed E-state index contributed by atoms with van der Waals surface area (Å²) in [5.41, 5.74) is 5.78. The minimum atomic E-state index is -0.462. The highest BCUT2D eigenvalue weighted by atomic mass is 35.5. The van der Waals surface area contributed by atoms with Crippen molar-refractivity contribution in [3.63, 3.8) is 0 Å². The molecule has 0 spiro atoms. The lowest BCUT2D eigenvalue weighted by molar-refractivity contribution is 0.407. The SMILES string of the molecule is NC(c1ncon1)c1ncc(Cl)s1. The van der Waals surface area contributed by atoms with E-state index in [0.29, 0.717) is 15.2 Å². The molecular formula is C6H5ClN4OS. The molecule has 0 saturated heterocycles. The lowest BCUT2D eigenvalue weighted by Gasteiger charge is -2.00. The standard InChI is InChI=1S/C6H5ClN4OS/c7-3-1-9-6(13-3)4(8)5-10-2-12-11-5/h1-2,4H,8H2. The quantitative estimate of drug-likeness (QED) is 0.817. The zero-order valence-electron chi connectivity index (χ0n) is 6.35. The summed E-state index contributed by atoms with van der Waals surface area (Å²) in [5, 5.41) is 4.29. The molecule has 0 bridgehead atoms. The van der Waals surface area contributed by atoms with Gasteiger partial charge in [0.2, 0.25) is 6.39 Å². The van der Waals surface area contributed by atoms with Crippen LogP contribution in [0, 0.1) is 0 Å². The van der Waals surface area contributed by atoms with Crippen molar-refractivity contribution in [2.45, 2.75) is 6.04 Å². The molecule has 0 saturated carbocycles. The maximum atomic E-state index is 5.78. The number of aromatic nitrogens is 3. The third-order valence-electron chi connectivity index (χ3n) is 1.42. The van der Waals surface area contributed by atoms with E-state index in [2.05, 4.69) is 19.6 Å². The van der Waals surface area contributed by atoms with E-state index in [1.54, 1.807) is 6.20 Å². The van der Waals surface area contributed by atoms with E-state index >= 15 is 0 Å². The lowest BCUT2D eigenvalue weighted by Crippen LogP contribution is -2.12. The Morgan fingerprint density at radius 2 is 2.38 bits per heavy atom. The summed E-state index contributed by atoms with van der Waals surface area (Å²) >= 11 is 7.00. The van der Waals surface area contributed by atoms with Crippen LogP contribution in [-0.4, -0.2) is 15.1 Å². The van der Waals surface area contributed by atoms with Crippen LogP contribution >= 0.6 is 22.9 Å². The van der Waals surface area contributed by atoms with Crippen LogP contribution in [0.5, 0.6) is 0 Å². The zero-order valence-corrected chi connectivity index (χ0v) is 7.92. The summed E-state index contributed by atoms with van der Waals surface area (Å²) in [7, 11) is 0. The van der Waals surface area contributed by atoms with Gasteiger partial charge in [-0.3, -0.25) is 0 Å². The van der Waals surface area contributed by atoms with Crippen molar-refractivity contribution in [2.24, 2.45) is 5.73 Å². The van der Waals surface area contributed by atoms with E-state index < -0.39 is 6.04 Å². The number of hydrogen-bond donors (Lipinski definition) is 1. The highest BCUT2D eigenvalue weighted by Crippen LogP contribution is 2.24. The number of nitrogens with two attached hydrogens (primary N) is 1. The van der Waals surface area contributed by atoms with Gasteiger partial charge in [-0.15, -0.1) is 11.3 Å². The van der Waals surface area contributed by atoms with Crippen molar-refractivity contribution in [1.82, 2.24) is 15.1 Å². The predicted molar refractivity (Wildman–Crippen MR) is 47.5 cm³/mol. The van der Waals surface area contributed by atoms with Crippen LogP contribution < -0.4 is 5.73 Å². The normalized spacial score (nSPS) is 13.1. The highest BCUT2D eigenvalue weighted by Gasteiger charge is 2.16. The van der Waals surface area contributed by atoms with Gasteiger partial charge >= 0.3 is 0 Å². The van der Waals surface area contributed by atoms with E-state index in [9.17, 15) is 0 Å². The maximum absolute atomic E-state index is 5.78. The van der Waals surface area contributed by atoms with Crippen LogP contribution in [0.1, 0.15) is 16.9 Å². The van der Waals surface area contributed by atoms with Gasteiger partial charge in [-0.25, -0.2) is 4.98 Å². The molecule has 0 fully saturated rings. The molecule has 0 radical (unpaired) electrons. The fourth-order valence-corrected chi connectivity index (χ4v) is 1.77. The average Bonchev–Trinajstić information content (AvgIpc) is 2.72. The number of thiazole rings is 1. The molecule has 2 heterocycles. The van der Waals surface area contributed by atoms with Crippen molar-refractivity contribution in [3.8, 4) is 0 Å². The summed E-state index contributed by atoms with van der Waals surface area (Å²) in [6.07, 6.45) is 2.77. The molecule has 68 valence electrons. The summed E-state index contributed by atoms with van der Waals surface area (Å²) in [5.74, 6) is 0.408. The van der Waals surface area contributed by atoms with Crippen LogP contribution in [0.4, 0.5) is 0 Å². The Labute approximate surface area is 82.5 Å². The Hall–Kier alpha value is -0.980. The molecule has 2 aromatic heterocycles. The maximum Gasteiger partial charge on any atom is 0.213 e. The molecule has 2 aromatic rings. The smallest absolute Gasteiger partial charge is 0.213 e. The van der Waals surface area contributed by atoms with E-state index in [4.69, 9.17) is 17.3 Å². The van der Waals surface area contributed by atoms with Gasteiger partial charge in [0, 0.05) is 0 Å². The summed E-state index contributed by atoms with van der Waals surface area (Å²) in [4.78, 5) is 7.83. The molecule has 13 heavy (non-hydrogen) atoms. The van der Waals surface area contributed by atoms with E-state index in [1.165, 1.54) is 17.7 Å². The number of hydrogen-bond acceptors (Lipinski definition) is 6. The first-order valence-corrected chi connectivity index (χ1v) is 4.60. The van der Waals surface area contributed by atoms with Crippen molar-refractivity contribution >= 4 is 22.9 Å². The molecule has 1 unspecified atom stereocenters. The Morgan fingerprint density at radius 1 is 1.54 bits per heavy atom. The van der Waals surface area contributed by atoms with Crippen molar-refractivity contribution in [2.75, 3.05) is 0 Å². The van der Waals surface area contributed by atoms with E-state index in [1.807, 2.05) is 0 Å². The second kappa shape index (κ2) is 3.41. The third-order valence-corrected chi connectivity index (χ3v) is 2.62. The predicted octanol–water partition coefficient (Wildman–Crippen LogP) is 1.23. The number of rotatable bonds is 2. The molecule has 2 N–H and O–H groups in total. The summed E-state index contributed by atoms with van der Waals surface area (Å²) in [6.45, 7) is 0. The first-order chi connectivity index (χ1) is 6.27. The van der Waals surface area contributed by atoms with Crippen LogP contribution in [0.3, 0.4) is 0 Å². The lowest BCUT2D eigenvalue weighted by atomic mass is 10.3. The largest absolute Gasteiger partial charge is 0.343 e. The summed E-state index contributed by atoms with van der Waals surface area (Å²) < 4.78 is 5.16. The van der Waals surface area contributed by atoms with Crippen LogP contribution in [0.2, 0.25) is 4.34 Å². The molecule has 1 atom stereocenters. The first-order valence-electron chi connectivity index (χ1n) is 3.40. The van der Waals surface area contributed by atoms with Gasteiger partial charge in [0.05, 0.1) is 6.20 Å². The van der Waals surface area contributed by atoms with Gasteiger partial charge in [0.25, 0.3) is 0 Å². The second-order valence-corrected chi connectivity index (χ2v) is 3.96. The molecule has 0 aliphatic heterocycles. The second-order valence-electron chi connectivity index (χ2n) is 2.27. The molecule has 0 aliphatic carbocycles. The van der Waals surface area contributed by atoms with E-state index in [-0.39, 0.29) is 0 Å². The van der Waals surface area contributed by atoms with Crippen LogP contribution in [-0.2, 0) is 0 Å². The molecule has 0 aromatic carbocycles. The zero-order chi connectivity index (χ0) is 9.26. The van der Waals surface area contributed by atoms with E-state index in [0.717, 1.165) is 0 Å². The van der Waals surface area contributed by atoms with Gasteiger partial charge in [0.15, 0.2) is 5.82 Å². The Bertz CT molecular complexity index is 387. The number of nitrogens with zero attached hydrogens (tertiary/aromatic N) is 3. The van der Waals surface area contributed by atoms with Gasteiger partial charge < -0.3 is 10.3 Å². The monoisotopic (exact) mass is 216 g/mol. The Balaban J connectivity index is 2.28. The highest BCUT2D eigenvalue weighted by molar-refractivity contribution is 7.15. The third kappa shape index (κ3) is 1.69. The van der Waals surface area contributed by atoms with Gasteiger partial charge in [-0.1, -0.05) is 16.8 Å². The van der Waals surface area contributed by atoms with Crippen molar-refractivity contribution in [3.05, 3.63) is 27.8 Å².